The van der Waals surface area contributed by atoms with Crippen LogP contribution in [0.4, 0.5) is 0 Å². The number of nitrogens with zero attached hydrogens (tertiary/aromatic N) is 1. The van der Waals surface area contributed by atoms with Crippen LogP contribution in [0.1, 0.15) is 311 Å². The minimum Gasteiger partial charge on any atom is -0.274 e. The Hall–Kier alpha value is -1.63. The monoisotopic (exact) mass is 968 g/mol. The van der Waals surface area contributed by atoms with Crippen LogP contribution in [0, 0.1) is 5.41 Å². The van der Waals surface area contributed by atoms with E-state index in [1.165, 1.54) is 182 Å². The molecular weight excluding hydrogens is 863 g/mol. The minimum atomic E-state index is -0.219. The summed E-state index contributed by atoms with van der Waals surface area (Å²) >= 11 is 8.41. The number of hydrogen-bond acceptors (Lipinski definition) is 5. The van der Waals surface area contributed by atoms with Crippen LogP contribution in [-0.4, -0.2) is 23.3 Å². The van der Waals surface area contributed by atoms with E-state index in [9.17, 15) is 9.59 Å². The number of carbonyl (C=O) groups excluding carboxylic acids is 2. The molecular formula is C60H105NO2S3. The van der Waals surface area contributed by atoms with Crippen molar-refractivity contribution in [3.05, 3.63) is 51.2 Å². The van der Waals surface area contributed by atoms with Gasteiger partial charge >= 0.3 is 0 Å². The minimum absolute atomic E-state index is 0.0791. The molecule has 0 bridgehead atoms. The summed E-state index contributed by atoms with van der Waals surface area (Å²) < 4.78 is 0. The smallest absolute Gasteiger partial charge is 0.263 e. The number of fused-ring (bicyclic) bond motifs is 1. The zero-order valence-corrected chi connectivity index (χ0v) is 47.8. The molecule has 0 N–H and O–H groups in total. The van der Waals surface area contributed by atoms with Gasteiger partial charge in [-0.25, -0.2) is 0 Å². The number of thiol groups is 1. The van der Waals surface area contributed by atoms with Crippen LogP contribution in [0.5, 0.6) is 0 Å². The van der Waals surface area contributed by atoms with Crippen LogP contribution in [0.15, 0.2) is 24.8 Å². The van der Waals surface area contributed by atoms with Gasteiger partial charge in [0, 0.05) is 26.1 Å². The lowest BCUT2D eigenvalue weighted by molar-refractivity contribution is 0.0650. The Morgan fingerprint density at radius 2 is 0.924 bits per heavy atom. The lowest BCUT2D eigenvalue weighted by Crippen LogP contribution is -2.31. The summed E-state index contributed by atoms with van der Waals surface area (Å²) in [5.74, 6) is -0.161. The Balaban J connectivity index is 0.00000101. The van der Waals surface area contributed by atoms with E-state index in [0.29, 0.717) is 23.1 Å². The van der Waals surface area contributed by atoms with E-state index in [1.807, 2.05) is 6.08 Å². The fraction of sp³-hybridized carbons (Fsp3) is 0.767. The highest BCUT2D eigenvalue weighted by atomic mass is 32.1. The predicted octanol–water partition coefficient (Wildman–Crippen LogP) is 21.6. The third-order valence-electron chi connectivity index (χ3n) is 12.8. The molecule has 0 spiro atoms. The van der Waals surface area contributed by atoms with Crippen molar-refractivity contribution < 1.29 is 9.59 Å². The lowest BCUT2D eigenvalue weighted by atomic mass is 9.90. The molecule has 0 saturated heterocycles. The maximum Gasteiger partial charge on any atom is 0.263 e. The molecule has 3 nitrogen and oxygen atoms in total. The van der Waals surface area contributed by atoms with Gasteiger partial charge in [0.15, 0.2) is 0 Å². The van der Waals surface area contributed by atoms with Gasteiger partial charge < -0.3 is 0 Å². The zero-order valence-electron chi connectivity index (χ0n) is 45.3. The van der Waals surface area contributed by atoms with Crippen LogP contribution >= 0.6 is 35.3 Å². The summed E-state index contributed by atoms with van der Waals surface area (Å²) in [7, 11) is 0. The lowest BCUT2D eigenvalue weighted by Gasteiger charge is -2.19. The van der Waals surface area contributed by atoms with Crippen molar-refractivity contribution in [1.29, 1.82) is 0 Å². The van der Waals surface area contributed by atoms with Gasteiger partial charge in [0.25, 0.3) is 11.8 Å². The second-order valence-corrected chi connectivity index (χ2v) is 24.1. The van der Waals surface area contributed by atoms with Crippen LogP contribution in [-0.2, 0) is 11.8 Å². The molecule has 0 atom stereocenters. The number of rotatable bonds is 34. The molecule has 3 rings (SSSR count). The molecule has 0 saturated carbocycles. The normalized spacial score (nSPS) is 12.9. The molecule has 66 heavy (non-hydrogen) atoms. The molecule has 2 aromatic heterocycles. The van der Waals surface area contributed by atoms with E-state index in [4.69, 9.17) is 12.6 Å². The Morgan fingerprint density at radius 3 is 1.32 bits per heavy atom. The number of amides is 2. The van der Waals surface area contributed by atoms with Crippen molar-refractivity contribution in [3.63, 3.8) is 0 Å². The second-order valence-electron chi connectivity index (χ2n) is 21.5. The molecule has 0 fully saturated rings. The maximum atomic E-state index is 14.1. The standard InChI is InChI=1S/C42H67NO2S3.C12H26.C6H12/c1-7-10-13-15-17-18-19-20-21-22-23-26-28-32-31-34(33(46)29-25-12-9-3)47-37(32)38-35-36(39(48-38)42(4,5)6)41(45)43(40(35)44)30-27-24-16-14-11-8-2;1-3-5-7-9-11-12-10-8-6-4-2;1-5-6(2,3)4/h29,31,46H,7-28,30H2,1-6H3;3-12H2,1-2H3;5H,1H2,2-4H3/b33-29-;;. The molecule has 0 aliphatic carbocycles. The van der Waals surface area contributed by atoms with Gasteiger partial charge in [-0.3, -0.25) is 14.5 Å². The molecule has 0 radical (unpaired) electrons. The number of aryl methyl sites for hydroxylation is 1. The van der Waals surface area contributed by atoms with Gasteiger partial charge in [-0.15, -0.1) is 41.9 Å². The summed E-state index contributed by atoms with van der Waals surface area (Å²) in [6.07, 6.45) is 45.9. The number of unbranched alkanes of at least 4 members (excludes halogenated alkanes) is 27. The molecule has 0 aromatic carbocycles. The van der Waals surface area contributed by atoms with Gasteiger partial charge in [-0.2, -0.15) is 0 Å². The van der Waals surface area contributed by atoms with E-state index in [2.05, 4.69) is 94.9 Å². The summed E-state index contributed by atoms with van der Waals surface area (Å²) in [6, 6.07) is 2.33. The third-order valence-corrected chi connectivity index (χ3v) is 16.3. The SMILES string of the molecule is C=CC(C)(C)C.CCCC/C=C(\S)c1cc(CCCCCCCCCCCCCC)c(-c2sc(C(C)(C)C)c3c2C(=O)N(CCCCCCCC)C3=O)s1.CCCCCCCCCCCC. The van der Waals surface area contributed by atoms with Gasteiger partial charge in [0.1, 0.15) is 0 Å². The molecule has 6 heteroatoms. The molecule has 0 unspecified atom stereocenters. The first-order valence-corrected chi connectivity index (χ1v) is 29.9. The zero-order chi connectivity index (χ0) is 49.2. The van der Waals surface area contributed by atoms with Crippen molar-refractivity contribution in [1.82, 2.24) is 4.90 Å². The number of thiophene rings is 2. The van der Waals surface area contributed by atoms with Crippen molar-refractivity contribution in [2.75, 3.05) is 6.54 Å². The molecule has 2 amide bonds. The van der Waals surface area contributed by atoms with E-state index >= 15 is 0 Å². The Morgan fingerprint density at radius 1 is 0.545 bits per heavy atom. The van der Waals surface area contributed by atoms with E-state index in [-0.39, 0.29) is 17.2 Å². The molecule has 1 aliphatic rings. The largest absolute Gasteiger partial charge is 0.274 e. The number of allylic oxidation sites excluding steroid dienone is 2. The van der Waals surface area contributed by atoms with Crippen LogP contribution in [0.3, 0.4) is 0 Å². The molecule has 2 aromatic rings. The summed E-state index contributed by atoms with van der Waals surface area (Å²) in [5.41, 5.74) is 2.75. The second kappa shape index (κ2) is 37.2. The van der Waals surface area contributed by atoms with E-state index in [1.54, 1.807) is 27.6 Å². The first-order chi connectivity index (χ1) is 31.6. The highest BCUT2D eigenvalue weighted by Gasteiger charge is 2.44. The highest BCUT2D eigenvalue weighted by Crippen LogP contribution is 2.50. The summed E-state index contributed by atoms with van der Waals surface area (Å²) in [5, 5.41) is 0. The maximum absolute atomic E-state index is 14.1. The van der Waals surface area contributed by atoms with Crippen molar-refractivity contribution >= 4 is 52.0 Å². The first-order valence-electron chi connectivity index (χ1n) is 27.8. The van der Waals surface area contributed by atoms with E-state index in [0.717, 1.165) is 53.2 Å². The van der Waals surface area contributed by atoms with Gasteiger partial charge in [0.2, 0.25) is 0 Å². The van der Waals surface area contributed by atoms with Crippen molar-refractivity contribution in [3.8, 4) is 9.75 Å². The molecule has 380 valence electrons. The molecule has 1 aliphatic heterocycles. The third kappa shape index (κ3) is 25.8. The highest BCUT2D eigenvalue weighted by molar-refractivity contribution is 7.90. The Bertz CT molecular complexity index is 1590. The van der Waals surface area contributed by atoms with Gasteiger partial charge in [-0.1, -0.05) is 268 Å². The average molecular weight is 969 g/mol. The Kier molecular flexibility index (Phi) is 35.2. The summed E-state index contributed by atoms with van der Waals surface area (Å²) in [4.78, 5) is 35.0. The number of hydrogen-bond donors (Lipinski definition) is 1. The van der Waals surface area contributed by atoms with Crippen LogP contribution in [0.2, 0.25) is 0 Å². The van der Waals surface area contributed by atoms with Crippen molar-refractivity contribution in [2.24, 2.45) is 5.41 Å². The van der Waals surface area contributed by atoms with Gasteiger partial charge in [0.05, 0.1) is 16.0 Å². The predicted molar refractivity (Wildman–Crippen MR) is 304 cm³/mol. The van der Waals surface area contributed by atoms with Gasteiger partial charge in [-0.05, 0) is 48.1 Å². The quantitative estimate of drug-likeness (QED) is 0.0328. The first kappa shape index (κ1) is 62.4. The van der Waals surface area contributed by atoms with E-state index < -0.39 is 0 Å². The topological polar surface area (TPSA) is 37.4 Å². The van der Waals surface area contributed by atoms with Crippen LogP contribution < -0.4 is 0 Å². The fourth-order valence-electron chi connectivity index (χ4n) is 8.34. The average Bonchev–Trinajstić information content (AvgIpc) is 3.96. The number of imide groups is 1. The summed E-state index contributed by atoms with van der Waals surface area (Å²) in [6.45, 7) is 28.3. The van der Waals surface area contributed by atoms with Crippen molar-refractivity contribution in [2.45, 2.75) is 287 Å². The molecule has 3 heterocycles. The fourth-order valence-corrected chi connectivity index (χ4v) is 11.3. The van der Waals surface area contributed by atoms with Crippen LogP contribution in [0.25, 0.3) is 14.7 Å². The number of carbonyl (C=O) groups is 2. The Labute approximate surface area is 424 Å².